The van der Waals surface area contributed by atoms with Gasteiger partial charge < -0.3 is 20.5 Å². The number of carbonyl (C=O) groups excluding carboxylic acids is 1. The third-order valence-corrected chi connectivity index (χ3v) is 3.27. The summed E-state index contributed by atoms with van der Waals surface area (Å²) < 4.78 is 18.5. The zero-order chi connectivity index (χ0) is 16.7. The maximum Gasteiger partial charge on any atom is 0.319 e. The third kappa shape index (κ3) is 5.12. The summed E-state index contributed by atoms with van der Waals surface area (Å²) in [7, 11) is 0. The van der Waals surface area contributed by atoms with Gasteiger partial charge in [-0.2, -0.15) is 0 Å². The second kappa shape index (κ2) is 8.36. The number of amides is 2. The highest BCUT2D eigenvalue weighted by Gasteiger charge is 2.08. The minimum absolute atomic E-state index is 0.0969. The van der Waals surface area contributed by atoms with E-state index in [9.17, 15) is 9.18 Å². The Morgan fingerprint density at radius 1 is 1.26 bits per heavy atom. The zero-order valence-corrected chi connectivity index (χ0v) is 12.9. The Labute approximate surface area is 138 Å². The van der Waals surface area contributed by atoms with E-state index in [2.05, 4.69) is 10.6 Å². The number of rotatable bonds is 6. The Balaban J connectivity index is 1.95. The standard InChI is InChI=1S/C16H16ClFN2O3/c17-13-6-5-12(18)9-14(13)20-16(22)19-10-11-3-1-2-4-15(11)23-8-7-21/h1-6,9,21H,7-8,10H2,(H2,19,20,22). The van der Waals surface area contributed by atoms with Crippen molar-refractivity contribution in [3.05, 3.63) is 58.9 Å². The monoisotopic (exact) mass is 338 g/mol. The molecule has 0 aliphatic heterocycles. The fourth-order valence-electron chi connectivity index (χ4n) is 1.88. The molecule has 0 aromatic heterocycles. The van der Waals surface area contributed by atoms with Crippen LogP contribution in [0.2, 0.25) is 5.02 Å². The zero-order valence-electron chi connectivity index (χ0n) is 12.2. The summed E-state index contributed by atoms with van der Waals surface area (Å²) in [5.41, 5.74) is 0.940. The van der Waals surface area contributed by atoms with E-state index in [0.29, 0.717) is 5.75 Å². The number of aliphatic hydroxyl groups is 1. The van der Waals surface area contributed by atoms with E-state index >= 15 is 0 Å². The number of urea groups is 1. The lowest BCUT2D eigenvalue weighted by molar-refractivity contribution is 0.200. The van der Waals surface area contributed by atoms with Crippen LogP contribution in [0.3, 0.4) is 0 Å². The van der Waals surface area contributed by atoms with Gasteiger partial charge in [0.15, 0.2) is 0 Å². The summed E-state index contributed by atoms with van der Waals surface area (Å²) in [6.07, 6.45) is 0. The van der Waals surface area contributed by atoms with Gasteiger partial charge in [-0.15, -0.1) is 0 Å². The second-order valence-corrected chi connectivity index (χ2v) is 5.02. The fourth-order valence-corrected chi connectivity index (χ4v) is 2.05. The molecule has 5 nitrogen and oxygen atoms in total. The van der Waals surface area contributed by atoms with Crippen LogP contribution < -0.4 is 15.4 Å². The molecule has 0 heterocycles. The van der Waals surface area contributed by atoms with Crippen molar-refractivity contribution in [2.24, 2.45) is 0 Å². The van der Waals surface area contributed by atoms with Crippen molar-refractivity contribution in [3.8, 4) is 5.75 Å². The van der Waals surface area contributed by atoms with Gasteiger partial charge in [0, 0.05) is 12.1 Å². The highest BCUT2D eigenvalue weighted by Crippen LogP contribution is 2.22. The average molecular weight is 339 g/mol. The third-order valence-electron chi connectivity index (χ3n) is 2.94. The molecule has 2 aromatic carbocycles. The number of para-hydroxylation sites is 1. The first-order chi connectivity index (χ1) is 11.1. The molecule has 23 heavy (non-hydrogen) atoms. The van der Waals surface area contributed by atoms with Crippen LogP contribution in [0.1, 0.15) is 5.56 Å². The number of aliphatic hydroxyl groups excluding tert-OH is 1. The molecular weight excluding hydrogens is 323 g/mol. The van der Waals surface area contributed by atoms with Gasteiger partial charge in [0.05, 0.1) is 17.3 Å². The Morgan fingerprint density at radius 2 is 2.04 bits per heavy atom. The molecule has 2 aromatic rings. The molecule has 2 rings (SSSR count). The van der Waals surface area contributed by atoms with E-state index in [1.54, 1.807) is 18.2 Å². The summed E-state index contributed by atoms with van der Waals surface area (Å²) in [5.74, 6) is 0.0816. The topological polar surface area (TPSA) is 70.6 Å². The van der Waals surface area contributed by atoms with Gasteiger partial charge in [-0.3, -0.25) is 0 Å². The van der Waals surface area contributed by atoms with Gasteiger partial charge in [-0.05, 0) is 24.3 Å². The van der Waals surface area contributed by atoms with Crippen LogP contribution in [0.5, 0.6) is 5.75 Å². The van der Waals surface area contributed by atoms with Crippen molar-refractivity contribution in [3.63, 3.8) is 0 Å². The summed E-state index contributed by atoms with van der Waals surface area (Å²) in [5, 5.41) is 14.2. The van der Waals surface area contributed by atoms with E-state index in [1.807, 2.05) is 6.07 Å². The van der Waals surface area contributed by atoms with E-state index in [0.717, 1.165) is 11.6 Å². The van der Waals surface area contributed by atoms with Crippen LogP contribution in [0.25, 0.3) is 0 Å². The van der Waals surface area contributed by atoms with Crippen LogP contribution in [0.4, 0.5) is 14.9 Å². The molecule has 0 aliphatic carbocycles. The van der Waals surface area contributed by atoms with Gasteiger partial charge in [0.2, 0.25) is 0 Å². The maximum absolute atomic E-state index is 13.2. The van der Waals surface area contributed by atoms with Crippen molar-refractivity contribution < 1.29 is 19.0 Å². The van der Waals surface area contributed by atoms with Gasteiger partial charge >= 0.3 is 6.03 Å². The molecule has 2 amide bonds. The molecule has 0 aliphatic rings. The summed E-state index contributed by atoms with van der Waals surface area (Å²) in [6.45, 7) is 0.281. The molecule has 0 unspecified atom stereocenters. The molecular formula is C16H16ClFN2O3. The van der Waals surface area contributed by atoms with E-state index < -0.39 is 11.8 Å². The number of hydrogen-bond acceptors (Lipinski definition) is 3. The quantitative estimate of drug-likeness (QED) is 0.757. The van der Waals surface area contributed by atoms with Crippen LogP contribution in [0.15, 0.2) is 42.5 Å². The van der Waals surface area contributed by atoms with Crippen molar-refractivity contribution in [1.29, 1.82) is 0 Å². The summed E-state index contributed by atoms with van der Waals surface area (Å²) in [6, 6.07) is 10.3. The Hall–Kier alpha value is -2.31. The van der Waals surface area contributed by atoms with Gasteiger partial charge in [0.1, 0.15) is 18.2 Å². The number of ether oxygens (including phenoxy) is 1. The molecule has 7 heteroatoms. The smallest absolute Gasteiger partial charge is 0.319 e. The predicted octanol–water partition coefficient (Wildman–Crippen LogP) is 3.17. The number of hydrogen-bond donors (Lipinski definition) is 3. The molecule has 3 N–H and O–H groups in total. The minimum atomic E-state index is -0.519. The molecule has 0 bridgehead atoms. The van der Waals surface area contributed by atoms with E-state index in [-0.39, 0.29) is 30.5 Å². The van der Waals surface area contributed by atoms with E-state index in [1.165, 1.54) is 12.1 Å². The van der Waals surface area contributed by atoms with Crippen LogP contribution >= 0.6 is 11.6 Å². The van der Waals surface area contributed by atoms with Crippen molar-refractivity contribution in [2.45, 2.75) is 6.54 Å². The fraction of sp³-hybridized carbons (Fsp3) is 0.188. The number of benzene rings is 2. The molecule has 0 fully saturated rings. The van der Waals surface area contributed by atoms with Crippen LogP contribution in [-0.4, -0.2) is 24.4 Å². The van der Waals surface area contributed by atoms with E-state index in [4.69, 9.17) is 21.4 Å². The summed E-state index contributed by atoms with van der Waals surface area (Å²) in [4.78, 5) is 11.9. The first-order valence-corrected chi connectivity index (χ1v) is 7.29. The van der Waals surface area contributed by atoms with Crippen LogP contribution in [-0.2, 0) is 6.54 Å². The molecule has 0 spiro atoms. The van der Waals surface area contributed by atoms with Gasteiger partial charge in [-0.25, -0.2) is 9.18 Å². The van der Waals surface area contributed by atoms with Crippen molar-refractivity contribution >= 4 is 23.3 Å². The highest BCUT2D eigenvalue weighted by molar-refractivity contribution is 6.33. The highest BCUT2D eigenvalue weighted by atomic mass is 35.5. The lowest BCUT2D eigenvalue weighted by Gasteiger charge is -2.12. The molecule has 122 valence electrons. The van der Waals surface area contributed by atoms with Crippen LogP contribution in [0, 0.1) is 5.82 Å². The molecule has 0 radical (unpaired) electrons. The maximum atomic E-state index is 13.2. The lowest BCUT2D eigenvalue weighted by atomic mass is 10.2. The van der Waals surface area contributed by atoms with Gasteiger partial charge in [-0.1, -0.05) is 29.8 Å². The first-order valence-electron chi connectivity index (χ1n) is 6.91. The SMILES string of the molecule is O=C(NCc1ccccc1OCCO)Nc1cc(F)ccc1Cl. The predicted molar refractivity (Wildman–Crippen MR) is 86.3 cm³/mol. The minimum Gasteiger partial charge on any atom is -0.491 e. The van der Waals surface area contributed by atoms with Crippen molar-refractivity contribution in [1.82, 2.24) is 5.32 Å². The molecule has 0 atom stereocenters. The largest absolute Gasteiger partial charge is 0.491 e. The Kier molecular flexibility index (Phi) is 6.19. The van der Waals surface area contributed by atoms with Gasteiger partial charge in [0.25, 0.3) is 0 Å². The summed E-state index contributed by atoms with van der Waals surface area (Å²) >= 11 is 5.89. The molecule has 0 saturated carbocycles. The number of nitrogens with one attached hydrogen (secondary N) is 2. The Bertz CT molecular complexity index is 682. The Morgan fingerprint density at radius 3 is 2.83 bits per heavy atom. The number of anilines is 1. The van der Waals surface area contributed by atoms with Crippen molar-refractivity contribution in [2.75, 3.05) is 18.5 Å². The second-order valence-electron chi connectivity index (χ2n) is 4.61. The lowest BCUT2D eigenvalue weighted by Crippen LogP contribution is -2.28. The average Bonchev–Trinajstić information content (AvgIpc) is 2.55. The number of carbonyl (C=O) groups is 1. The molecule has 0 saturated heterocycles. The normalized spacial score (nSPS) is 10.2. The number of halogens is 2. The first kappa shape index (κ1) is 17.1.